The second kappa shape index (κ2) is 4.08. The van der Waals surface area contributed by atoms with Gasteiger partial charge in [-0.15, -0.1) is 0 Å². The SMILES string of the molecule is CC(C)C[C@@H]1C(=O)O[C@]2(C)CC(C)(C)NC(=S)N12. The minimum Gasteiger partial charge on any atom is -0.437 e. The van der Waals surface area contributed by atoms with E-state index in [2.05, 4.69) is 33.0 Å². The Kier molecular flexibility index (Phi) is 3.08. The lowest BCUT2D eigenvalue weighted by Gasteiger charge is -2.48. The Morgan fingerprint density at radius 2 is 2.11 bits per heavy atom. The van der Waals surface area contributed by atoms with Crippen LogP contribution in [0.2, 0.25) is 0 Å². The van der Waals surface area contributed by atoms with E-state index in [1.165, 1.54) is 0 Å². The van der Waals surface area contributed by atoms with Crippen molar-refractivity contribution in [2.75, 3.05) is 0 Å². The summed E-state index contributed by atoms with van der Waals surface area (Å²) < 4.78 is 5.63. The molecule has 2 aliphatic rings. The van der Waals surface area contributed by atoms with Crippen molar-refractivity contribution in [3.8, 4) is 0 Å². The number of carbonyl (C=O) groups is 1. The standard InChI is InChI=1S/C13H22N2O2S/c1-8(2)6-9-10(16)17-13(5)7-12(3,4)14-11(18)15(9)13/h8-9H,6-7H2,1-5H3,(H,14,18)/t9-,13-/m1/s1. The summed E-state index contributed by atoms with van der Waals surface area (Å²) in [5, 5.41) is 3.93. The minimum atomic E-state index is -0.595. The van der Waals surface area contributed by atoms with Crippen LogP contribution in [0, 0.1) is 5.92 Å². The molecule has 4 nitrogen and oxygen atoms in total. The van der Waals surface area contributed by atoms with Gasteiger partial charge in [-0.2, -0.15) is 0 Å². The molecule has 0 aromatic heterocycles. The summed E-state index contributed by atoms with van der Waals surface area (Å²) in [7, 11) is 0. The maximum Gasteiger partial charge on any atom is 0.331 e. The van der Waals surface area contributed by atoms with E-state index in [1.807, 2.05) is 11.8 Å². The Balaban J connectivity index is 2.31. The van der Waals surface area contributed by atoms with Gasteiger partial charge >= 0.3 is 5.97 Å². The third kappa shape index (κ3) is 2.20. The molecule has 0 amide bonds. The van der Waals surface area contributed by atoms with Crippen molar-refractivity contribution in [2.24, 2.45) is 5.92 Å². The van der Waals surface area contributed by atoms with Crippen LogP contribution in [0.5, 0.6) is 0 Å². The molecule has 0 bridgehead atoms. The van der Waals surface area contributed by atoms with Gasteiger partial charge in [0.05, 0.1) is 0 Å². The summed E-state index contributed by atoms with van der Waals surface area (Å²) >= 11 is 5.43. The fourth-order valence-electron chi connectivity index (χ4n) is 3.11. The van der Waals surface area contributed by atoms with Crippen molar-refractivity contribution >= 4 is 23.3 Å². The number of nitrogens with zero attached hydrogens (tertiary/aromatic N) is 1. The lowest BCUT2D eigenvalue weighted by molar-refractivity contribution is -0.153. The number of ether oxygens (including phenoxy) is 1. The summed E-state index contributed by atoms with van der Waals surface area (Å²) in [5.74, 6) is 0.288. The van der Waals surface area contributed by atoms with Crippen molar-refractivity contribution in [3.63, 3.8) is 0 Å². The lowest BCUT2D eigenvalue weighted by atomic mass is 9.89. The van der Waals surface area contributed by atoms with Gasteiger partial charge in [-0.3, -0.25) is 4.90 Å². The third-order valence-electron chi connectivity index (χ3n) is 3.54. The van der Waals surface area contributed by atoms with E-state index in [0.29, 0.717) is 11.0 Å². The highest BCUT2D eigenvalue weighted by Crippen LogP contribution is 2.40. The van der Waals surface area contributed by atoms with Gasteiger partial charge < -0.3 is 10.1 Å². The molecule has 0 spiro atoms. The van der Waals surface area contributed by atoms with Crippen LogP contribution in [0.1, 0.15) is 47.5 Å². The van der Waals surface area contributed by atoms with Crippen molar-refractivity contribution in [1.82, 2.24) is 10.2 Å². The molecule has 1 N–H and O–H groups in total. The molecule has 0 aromatic rings. The number of nitrogens with one attached hydrogen (secondary N) is 1. The number of esters is 1. The first kappa shape index (κ1) is 13.6. The number of fused-ring (bicyclic) bond motifs is 1. The summed E-state index contributed by atoms with van der Waals surface area (Å²) in [5.41, 5.74) is -0.738. The highest BCUT2D eigenvalue weighted by Gasteiger charge is 2.56. The number of hydrogen-bond acceptors (Lipinski definition) is 3. The van der Waals surface area contributed by atoms with Gasteiger partial charge in [0.1, 0.15) is 6.04 Å². The minimum absolute atomic E-state index is 0.144. The van der Waals surface area contributed by atoms with E-state index >= 15 is 0 Å². The predicted octanol–water partition coefficient (Wildman–Crippen LogP) is 2.03. The fourth-order valence-corrected chi connectivity index (χ4v) is 3.71. The van der Waals surface area contributed by atoms with E-state index in [-0.39, 0.29) is 17.6 Å². The smallest absolute Gasteiger partial charge is 0.331 e. The molecule has 2 heterocycles. The van der Waals surface area contributed by atoms with Crippen LogP contribution < -0.4 is 5.32 Å². The van der Waals surface area contributed by atoms with Crippen molar-refractivity contribution in [3.05, 3.63) is 0 Å². The van der Waals surface area contributed by atoms with Crippen molar-refractivity contribution in [1.29, 1.82) is 0 Å². The van der Waals surface area contributed by atoms with Gasteiger partial charge in [0, 0.05) is 12.0 Å². The largest absolute Gasteiger partial charge is 0.437 e. The average molecular weight is 270 g/mol. The predicted molar refractivity (Wildman–Crippen MR) is 74.0 cm³/mol. The molecular formula is C13H22N2O2S. The van der Waals surface area contributed by atoms with Crippen LogP contribution in [0.4, 0.5) is 0 Å². The summed E-state index contributed by atoms with van der Waals surface area (Å²) in [6.07, 6.45) is 1.51. The zero-order chi connectivity index (χ0) is 13.7. The number of rotatable bonds is 2. The molecule has 2 atom stereocenters. The van der Waals surface area contributed by atoms with E-state index in [1.54, 1.807) is 0 Å². The molecule has 0 radical (unpaired) electrons. The first-order chi connectivity index (χ1) is 8.15. The zero-order valence-corrected chi connectivity index (χ0v) is 12.6. The van der Waals surface area contributed by atoms with E-state index in [4.69, 9.17) is 17.0 Å². The van der Waals surface area contributed by atoms with Crippen LogP contribution >= 0.6 is 12.2 Å². The molecule has 0 unspecified atom stereocenters. The normalized spacial score (nSPS) is 34.3. The Labute approximate surface area is 114 Å². The van der Waals surface area contributed by atoms with Crippen molar-refractivity contribution in [2.45, 2.75) is 64.8 Å². The molecular weight excluding hydrogens is 248 g/mol. The Morgan fingerprint density at radius 3 is 2.67 bits per heavy atom. The summed E-state index contributed by atoms with van der Waals surface area (Å²) in [6.45, 7) is 10.3. The van der Waals surface area contributed by atoms with Gasteiger partial charge in [-0.05, 0) is 45.3 Å². The second-order valence-electron chi connectivity index (χ2n) is 6.60. The van der Waals surface area contributed by atoms with Crippen LogP contribution in [-0.4, -0.2) is 33.3 Å². The molecule has 2 aliphatic heterocycles. The number of thiocarbonyl (C=S) groups is 1. The number of carbonyl (C=O) groups excluding carboxylic acids is 1. The monoisotopic (exact) mass is 270 g/mol. The van der Waals surface area contributed by atoms with Gasteiger partial charge in [-0.1, -0.05) is 13.8 Å². The van der Waals surface area contributed by atoms with Gasteiger partial charge in [0.25, 0.3) is 0 Å². The molecule has 0 saturated carbocycles. The van der Waals surface area contributed by atoms with Crippen LogP contribution in [-0.2, 0) is 9.53 Å². The van der Waals surface area contributed by atoms with Crippen LogP contribution in [0.15, 0.2) is 0 Å². The van der Waals surface area contributed by atoms with Gasteiger partial charge in [0.2, 0.25) is 0 Å². The Hall–Kier alpha value is -0.840. The topological polar surface area (TPSA) is 41.6 Å². The zero-order valence-electron chi connectivity index (χ0n) is 11.7. The first-order valence-electron chi connectivity index (χ1n) is 6.49. The Morgan fingerprint density at radius 1 is 1.50 bits per heavy atom. The number of hydrogen-bond donors (Lipinski definition) is 1. The summed E-state index contributed by atoms with van der Waals surface area (Å²) in [6, 6.07) is -0.244. The molecule has 102 valence electrons. The molecule has 2 saturated heterocycles. The molecule has 2 rings (SSSR count). The van der Waals surface area contributed by atoms with Crippen molar-refractivity contribution < 1.29 is 9.53 Å². The maximum absolute atomic E-state index is 12.1. The first-order valence-corrected chi connectivity index (χ1v) is 6.90. The highest BCUT2D eigenvalue weighted by molar-refractivity contribution is 7.80. The quantitative estimate of drug-likeness (QED) is 0.614. The third-order valence-corrected chi connectivity index (χ3v) is 3.84. The van der Waals surface area contributed by atoms with Crippen LogP contribution in [0.3, 0.4) is 0 Å². The van der Waals surface area contributed by atoms with Gasteiger partial charge in [-0.25, -0.2) is 4.79 Å². The Bertz CT molecular complexity index is 394. The van der Waals surface area contributed by atoms with Crippen LogP contribution in [0.25, 0.3) is 0 Å². The summed E-state index contributed by atoms with van der Waals surface area (Å²) in [4.78, 5) is 14.0. The average Bonchev–Trinajstić information content (AvgIpc) is 2.33. The molecule has 5 heteroatoms. The van der Waals surface area contributed by atoms with Gasteiger partial charge in [0.15, 0.2) is 10.8 Å². The molecule has 2 fully saturated rings. The second-order valence-corrected chi connectivity index (χ2v) is 6.99. The van der Waals surface area contributed by atoms with E-state index in [0.717, 1.165) is 12.8 Å². The highest BCUT2D eigenvalue weighted by atomic mass is 32.1. The fraction of sp³-hybridized carbons (Fsp3) is 0.846. The molecule has 0 aromatic carbocycles. The van der Waals surface area contributed by atoms with E-state index < -0.39 is 5.72 Å². The molecule has 18 heavy (non-hydrogen) atoms. The van der Waals surface area contributed by atoms with E-state index in [9.17, 15) is 4.79 Å². The molecule has 0 aliphatic carbocycles. The lowest BCUT2D eigenvalue weighted by Crippen LogP contribution is -2.66. The maximum atomic E-state index is 12.1.